The van der Waals surface area contributed by atoms with E-state index in [0.717, 1.165) is 0 Å². The molecule has 24 heavy (non-hydrogen) atoms. The summed E-state index contributed by atoms with van der Waals surface area (Å²) in [4.78, 5) is 24.6. The molecule has 3 aromatic rings. The summed E-state index contributed by atoms with van der Waals surface area (Å²) < 4.78 is 4.89. The maximum absolute atomic E-state index is 12.5. The Morgan fingerprint density at radius 3 is 2.33 bits per heavy atom. The molecule has 0 saturated carbocycles. The van der Waals surface area contributed by atoms with Crippen LogP contribution in [0, 0.1) is 0 Å². The zero-order valence-electron chi connectivity index (χ0n) is 12.5. The largest absolute Gasteiger partial charge is 0.472 e. The third-order valence-electron chi connectivity index (χ3n) is 3.31. The quantitative estimate of drug-likeness (QED) is 0.737. The SMILES string of the molecule is O=C(Nc1ccccc1C(=O)Nc1ccc(Cl)cc1)c1ccoc1. The molecule has 6 heteroatoms. The van der Waals surface area contributed by atoms with Gasteiger partial charge in [0.15, 0.2) is 0 Å². The number of nitrogens with one attached hydrogen (secondary N) is 2. The Hall–Kier alpha value is -3.05. The molecule has 120 valence electrons. The summed E-state index contributed by atoms with van der Waals surface area (Å²) in [6, 6.07) is 15.1. The highest BCUT2D eigenvalue weighted by Gasteiger charge is 2.14. The molecular weight excluding hydrogens is 328 g/mol. The molecule has 2 aromatic carbocycles. The van der Waals surface area contributed by atoms with Crippen LogP contribution in [-0.2, 0) is 0 Å². The first-order valence-electron chi connectivity index (χ1n) is 7.13. The molecular formula is C18H13ClN2O3. The summed E-state index contributed by atoms with van der Waals surface area (Å²) in [6.07, 6.45) is 2.75. The van der Waals surface area contributed by atoms with Crippen LogP contribution in [0.5, 0.6) is 0 Å². The lowest BCUT2D eigenvalue weighted by molar-refractivity contribution is 0.102. The van der Waals surface area contributed by atoms with Crippen molar-refractivity contribution in [1.29, 1.82) is 0 Å². The predicted molar refractivity (Wildman–Crippen MR) is 92.5 cm³/mol. The number of furan rings is 1. The van der Waals surface area contributed by atoms with E-state index in [0.29, 0.717) is 27.5 Å². The second kappa shape index (κ2) is 7.02. The first kappa shape index (κ1) is 15.8. The van der Waals surface area contributed by atoms with Crippen molar-refractivity contribution in [2.24, 2.45) is 0 Å². The fourth-order valence-corrected chi connectivity index (χ4v) is 2.24. The van der Waals surface area contributed by atoms with Gasteiger partial charge in [-0.1, -0.05) is 23.7 Å². The van der Waals surface area contributed by atoms with Crippen LogP contribution in [0.25, 0.3) is 0 Å². The molecule has 0 aliphatic rings. The van der Waals surface area contributed by atoms with Crippen molar-refractivity contribution in [3.63, 3.8) is 0 Å². The normalized spacial score (nSPS) is 10.2. The van der Waals surface area contributed by atoms with Gasteiger partial charge in [0.05, 0.1) is 23.1 Å². The molecule has 2 amide bonds. The van der Waals surface area contributed by atoms with E-state index in [2.05, 4.69) is 10.6 Å². The van der Waals surface area contributed by atoms with Crippen LogP contribution in [-0.4, -0.2) is 11.8 Å². The van der Waals surface area contributed by atoms with Crippen molar-refractivity contribution in [3.8, 4) is 0 Å². The van der Waals surface area contributed by atoms with E-state index >= 15 is 0 Å². The second-order valence-corrected chi connectivity index (χ2v) is 5.41. The average Bonchev–Trinajstić information content (AvgIpc) is 3.12. The Morgan fingerprint density at radius 1 is 0.875 bits per heavy atom. The Bertz CT molecular complexity index is 858. The van der Waals surface area contributed by atoms with Crippen LogP contribution in [0.4, 0.5) is 11.4 Å². The van der Waals surface area contributed by atoms with E-state index in [1.165, 1.54) is 12.5 Å². The van der Waals surface area contributed by atoms with Gasteiger partial charge in [-0.25, -0.2) is 0 Å². The molecule has 3 rings (SSSR count). The zero-order chi connectivity index (χ0) is 16.9. The van der Waals surface area contributed by atoms with Gasteiger partial charge < -0.3 is 15.1 Å². The lowest BCUT2D eigenvalue weighted by atomic mass is 10.1. The Morgan fingerprint density at radius 2 is 1.62 bits per heavy atom. The van der Waals surface area contributed by atoms with Crippen LogP contribution >= 0.6 is 11.6 Å². The minimum absolute atomic E-state index is 0.333. The summed E-state index contributed by atoms with van der Waals surface area (Å²) in [5.41, 5.74) is 1.75. The van der Waals surface area contributed by atoms with Crippen molar-refractivity contribution in [1.82, 2.24) is 0 Å². The Kier molecular flexibility index (Phi) is 4.63. The number of rotatable bonds is 4. The number of carbonyl (C=O) groups is 2. The highest BCUT2D eigenvalue weighted by Crippen LogP contribution is 2.19. The molecule has 0 radical (unpaired) electrons. The first-order valence-corrected chi connectivity index (χ1v) is 7.51. The molecule has 0 aliphatic heterocycles. The van der Waals surface area contributed by atoms with Gasteiger partial charge in [0, 0.05) is 10.7 Å². The summed E-state index contributed by atoms with van der Waals surface area (Å²) >= 11 is 5.83. The number of anilines is 2. The van der Waals surface area contributed by atoms with E-state index in [-0.39, 0.29) is 11.8 Å². The molecule has 0 atom stereocenters. The van der Waals surface area contributed by atoms with Crippen LogP contribution in [0.2, 0.25) is 5.02 Å². The topological polar surface area (TPSA) is 71.3 Å². The number of benzene rings is 2. The van der Waals surface area contributed by atoms with Gasteiger partial charge in [0.25, 0.3) is 11.8 Å². The summed E-state index contributed by atoms with van der Waals surface area (Å²) in [5.74, 6) is -0.684. The predicted octanol–water partition coefficient (Wildman–Crippen LogP) is 4.44. The maximum atomic E-state index is 12.5. The lowest BCUT2D eigenvalue weighted by Crippen LogP contribution is -2.17. The standard InChI is InChI=1S/C18H13ClN2O3/c19-13-5-7-14(8-6-13)20-18(23)15-3-1-2-4-16(15)21-17(22)12-9-10-24-11-12/h1-11H,(H,20,23)(H,21,22). The third-order valence-corrected chi connectivity index (χ3v) is 3.56. The maximum Gasteiger partial charge on any atom is 0.258 e. The van der Waals surface area contributed by atoms with Gasteiger partial charge in [0.1, 0.15) is 6.26 Å². The highest BCUT2D eigenvalue weighted by molar-refractivity contribution is 6.30. The van der Waals surface area contributed by atoms with Gasteiger partial charge in [-0.05, 0) is 42.5 Å². The molecule has 0 spiro atoms. The Balaban J connectivity index is 1.79. The summed E-state index contributed by atoms with van der Waals surface area (Å²) in [5, 5.41) is 6.06. The van der Waals surface area contributed by atoms with Crippen LogP contribution in [0.15, 0.2) is 71.5 Å². The third kappa shape index (κ3) is 3.64. The van der Waals surface area contributed by atoms with E-state index in [4.69, 9.17) is 16.0 Å². The zero-order valence-corrected chi connectivity index (χ0v) is 13.2. The average molecular weight is 341 g/mol. The monoisotopic (exact) mass is 340 g/mol. The van der Waals surface area contributed by atoms with E-state index in [1.807, 2.05) is 0 Å². The van der Waals surface area contributed by atoms with Crippen molar-refractivity contribution in [2.75, 3.05) is 10.6 Å². The van der Waals surface area contributed by atoms with Crippen molar-refractivity contribution in [2.45, 2.75) is 0 Å². The molecule has 0 bridgehead atoms. The van der Waals surface area contributed by atoms with Gasteiger partial charge in [-0.15, -0.1) is 0 Å². The number of halogens is 1. The fourth-order valence-electron chi connectivity index (χ4n) is 2.11. The smallest absolute Gasteiger partial charge is 0.258 e. The molecule has 1 aromatic heterocycles. The number of para-hydroxylation sites is 1. The van der Waals surface area contributed by atoms with Crippen LogP contribution in [0.3, 0.4) is 0 Å². The molecule has 0 saturated heterocycles. The van der Waals surface area contributed by atoms with Crippen molar-refractivity contribution >= 4 is 34.8 Å². The summed E-state index contributed by atoms with van der Waals surface area (Å²) in [6.45, 7) is 0. The molecule has 0 fully saturated rings. The van der Waals surface area contributed by atoms with E-state index < -0.39 is 0 Å². The van der Waals surface area contributed by atoms with Crippen molar-refractivity contribution in [3.05, 3.63) is 83.3 Å². The first-order chi connectivity index (χ1) is 11.6. The van der Waals surface area contributed by atoms with E-state index in [1.54, 1.807) is 54.6 Å². The van der Waals surface area contributed by atoms with Gasteiger partial charge in [0.2, 0.25) is 0 Å². The van der Waals surface area contributed by atoms with Crippen LogP contribution in [0.1, 0.15) is 20.7 Å². The second-order valence-electron chi connectivity index (χ2n) is 4.97. The number of hydrogen-bond donors (Lipinski definition) is 2. The number of carbonyl (C=O) groups excluding carboxylic acids is 2. The minimum atomic E-state index is -0.351. The lowest BCUT2D eigenvalue weighted by Gasteiger charge is -2.11. The fraction of sp³-hybridized carbons (Fsp3) is 0. The number of amides is 2. The van der Waals surface area contributed by atoms with Crippen molar-refractivity contribution < 1.29 is 14.0 Å². The molecule has 0 unspecified atom stereocenters. The molecule has 1 heterocycles. The molecule has 0 aliphatic carbocycles. The summed E-state index contributed by atoms with van der Waals surface area (Å²) in [7, 11) is 0. The number of hydrogen-bond acceptors (Lipinski definition) is 3. The van der Waals surface area contributed by atoms with Crippen LogP contribution < -0.4 is 10.6 Å². The molecule has 5 nitrogen and oxygen atoms in total. The van der Waals surface area contributed by atoms with Gasteiger partial charge in [-0.3, -0.25) is 9.59 Å². The van der Waals surface area contributed by atoms with Gasteiger partial charge >= 0.3 is 0 Å². The Labute approximate surface area is 143 Å². The minimum Gasteiger partial charge on any atom is -0.472 e. The van der Waals surface area contributed by atoms with E-state index in [9.17, 15) is 9.59 Å². The van der Waals surface area contributed by atoms with Gasteiger partial charge in [-0.2, -0.15) is 0 Å². The highest BCUT2D eigenvalue weighted by atomic mass is 35.5. The molecule has 2 N–H and O–H groups in total.